The third-order valence-electron chi connectivity index (χ3n) is 8.96. The summed E-state index contributed by atoms with van der Waals surface area (Å²) in [5, 5.41) is 28.2. The van der Waals surface area contributed by atoms with Crippen molar-refractivity contribution < 1.29 is 29.3 Å². The van der Waals surface area contributed by atoms with Crippen molar-refractivity contribution in [2.24, 2.45) is 5.11 Å². The molecule has 0 bridgehead atoms. The summed E-state index contributed by atoms with van der Waals surface area (Å²) in [7, 11) is 0. The lowest BCUT2D eigenvalue weighted by Gasteiger charge is -2.29. The molecule has 0 aliphatic carbocycles. The number of aliphatic hydroxyl groups is 2. The Morgan fingerprint density at radius 3 is 2.09 bits per heavy atom. The van der Waals surface area contributed by atoms with E-state index in [1.54, 1.807) is 0 Å². The lowest BCUT2D eigenvalue weighted by Crippen LogP contribution is -2.55. The van der Waals surface area contributed by atoms with Gasteiger partial charge in [0.15, 0.2) is 6.23 Å². The predicted molar refractivity (Wildman–Crippen MR) is 174 cm³/mol. The quantitative estimate of drug-likeness (QED) is 0.0661. The van der Waals surface area contributed by atoms with Crippen LogP contribution in [0.3, 0.4) is 0 Å². The average molecular weight is 664 g/mol. The number of nitrogens with zero attached hydrogens (tertiary/aromatic N) is 5. The van der Waals surface area contributed by atoms with Gasteiger partial charge in [0, 0.05) is 37.2 Å². The molecule has 7 atom stereocenters. The molecule has 2 saturated heterocycles. The number of hydrogen-bond acceptors (Lipinski definition) is 9. The summed E-state index contributed by atoms with van der Waals surface area (Å²) in [5.41, 5.74) is 7.22. The summed E-state index contributed by atoms with van der Waals surface area (Å²) in [5.74, 6) is -0.988. The van der Waals surface area contributed by atoms with Crippen LogP contribution < -0.4 is 16.6 Å². The molecule has 0 unspecified atom stereocenters. The Labute approximate surface area is 275 Å². The summed E-state index contributed by atoms with van der Waals surface area (Å²) in [6, 6.07) is -0.159. The third-order valence-corrected chi connectivity index (χ3v) is 8.96. The molecule has 3 heterocycles. The van der Waals surface area contributed by atoms with Gasteiger partial charge in [0.25, 0.3) is 5.56 Å². The molecule has 2 fully saturated rings. The number of hydrogen-bond donors (Lipinski definition) is 4. The van der Waals surface area contributed by atoms with Crippen molar-refractivity contribution in [2.45, 2.75) is 153 Å². The largest absolute Gasteiger partial charge is 0.387 e. The number of aromatic amines is 1. The molecule has 1 aromatic rings. The fourth-order valence-electron chi connectivity index (χ4n) is 6.46. The van der Waals surface area contributed by atoms with Gasteiger partial charge in [-0.05, 0) is 18.4 Å². The van der Waals surface area contributed by atoms with Crippen LogP contribution in [-0.2, 0) is 19.1 Å². The molecule has 0 radical (unpaired) electrons. The smallest absolute Gasteiger partial charge is 0.330 e. The van der Waals surface area contributed by atoms with Crippen molar-refractivity contribution in [1.82, 2.24) is 19.8 Å². The minimum Gasteiger partial charge on any atom is -0.387 e. The highest BCUT2D eigenvalue weighted by atomic mass is 16.6. The number of ether oxygens (including phenoxy) is 2. The number of nitrogens with one attached hydrogen (secondary N) is 2. The van der Waals surface area contributed by atoms with Gasteiger partial charge in [-0.15, -0.1) is 0 Å². The zero-order valence-electron chi connectivity index (χ0n) is 27.8. The van der Waals surface area contributed by atoms with Gasteiger partial charge < -0.3 is 29.9 Å². The number of unbranched alkanes of at least 4 members (excludes halogenated alkanes) is 13. The molecule has 15 heteroatoms. The monoisotopic (exact) mass is 663 g/mol. The van der Waals surface area contributed by atoms with Gasteiger partial charge in [-0.1, -0.05) is 95.5 Å². The minimum absolute atomic E-state index is 0.0167. The number of azide groups is 1. The summed E-state index contributed by atoms with van der Waals surface area (Å²) < 4.78 is 12.9. The van der Waals surface area contributed by atoms with Crippen LogP contribution in [0.25, 0.3) is 10.4 Å². The van der Waals surface area contributed by atoms with E-state index < -0.39 is 66.0 Å². The second-order valence-corrected chi connectivity index (χ2v) is 12.5. The summed E-state index contributed by atoms with van der Waals surface area (Å²) in [4.78, 5) is 56.4. The number of rotatable bonds is 21. The Hall–Kier alpha value is -3.23. The van der Waals surface area contributed by atoms with Gasteiger partial charge in [-0.25, -0.2) is 4.79 Å². The SMILES string of the molecule is CCCCCCCCCCCCCCCCNC(=O)[C@@H]1[C@@H]([C@H]2O[C@@H](n3ccc(=O)[nH]c3=O)[C@H](O)[C@@H]2O)O[C@H](CCN=[N+]=[N-])N1C(C)=O. The van der Waals surface area contributed by atoms with Crippen LogP contribution >= 0.6 is 0 Å². The number of amides is 2. The van der Waals surface area contributed by atoms with Crippen molar-refractivity contribution in [1.29, 1.82) is 0 Å². The molecule has 264 valence electrons. The minimum atomic E-state index is -1.61. The molecule has 0 aromatic carbocycles. The molecular weight excluding hydrogens is 610 g/mol. The highest BCUT2D eigenvalue weighted by Gasteiger charge is 2.57. The Kier molecular flexibility index (Phi) is 16.4. The lowest BCUT2D eigenvalue weighted by molar-refractivity contribution is -0.140. The molecule has 2 aliphatic heterocycles. The molecule has 2 amide bonds. The van der Waals surface area contributed by atoms with Crippen molar-refractivity contribution in [3.05, 3.63) is 43.5 Å². The number of H-pyrrole nitrogens is 1. The van der Waals surface area contributed by atoms with E-state index in [0.29, 0.717) is 6.54 Å². The molecule has 1 aromatic heterocycles. The first-order chi connectivity index (χ1) is 22.7. The van der Waals surface area contributed by atoms with E-state index in [4.69, 9.17) is 15.0 Å². The Morgan fingerprint density at radius 2 is 1.53 bits per heavy atom. The van der Waals surface area contributed by atoms with Crippen LogP contribution in [0.1, 0.15) is 116 Å². The van der Waals surface area contributed by atoms with Crippen LogP contribution in [0.15, 0.2) is 27.0 Å². The molecule has 15 nitrogen and oxygen atoms in total. The van der Waals surface area contributed by atoms with Crippen molar-refractivity contribution in [2.75, 3.05) is 13.1 Å². The van der Waals surface area contributed by atoms with Gasteiger partial charge in [-0.3, -0.25) is 23.9 Å². The van der Waals surface area contributed by atoms with Gasteiger partial charge in [-0.2, -0.15) is 0 Å². The van der Waals surface area contributed by atoms with Crippen LogP contribution in [0.5, 0.6) is 0 Å². The van der Waals surface area contributed by atoms with Crippen molar-refractivity contribution in [3.63, 3.8) is 0 Å². The maximum atomic E-state index is 13.6. The first-order valence-corrected chi connectivity index (χ1v) is 17.3. The van der Waals surface area contributed by atoms with Crippen LogP contribution in [0, 0.1) is 0 Å². The zero-order chi connectivity index (χ0) is 34.2. The highest BCUT2D eigenvalue weighted by Crippen LogP contribution is 2.37. The molecule has 0 saturated carbocycles. The summed E-state index contributed by atoms with van der Waals surface area (Å²) >= 11 is 0. The van der Waals surface area contributed by atoms with Gasteiger partial charge >= 0.3 is 5.69 Å². The van der Waals surface area contributed by atoms with E-state index in [1.165, 1.54) is 76.0 Å². The van der Waals surface area contributed by atoms with Crippen LogP contribution in [0.4, 0.5) is 0 Å². The second kappa shape index (κ2) is 20.2. The number of carbonyl (C=O) groups is 2. The first-order valence-electron chi connectivity index (χ1n) is 17.3. The first kappa shape index (κ1) is 38.2. The average Bonchev–Trinajstić information content (AvgIpc) is 3.56. The van der Waals surface area contributed by atoms with Crippen molar-refractivity contribution >= 4 is 11.8 Å². The summed E-state index contributed by atoms with van der Waals surface area (Å²) in [6.07, 6.45) is 10.0. The Balaban J connectivity index is 1.55. The predicted octanol–water partition coefficient (Wildman–Crippen LogP) is 3.40. The molecule has 47 heavy (non-hydrogen) atoms. The fourth-order valence-corrected chi connectivity index (χ4v) is 6.46. The highest BCUT2D eigenvalue weighted by molar-refractivity contribution is 5.88. The zero-order valence-corrected chi connectivity index (χ0v) is 27.8. The van der Waals surface area contributed by atoms with E-state index in [0.717, 1.165) is 42.5 Å². The van der Waals surface area contributed by atoms with Gasteiger partial charge in [0.1, 0.15) is 36.7 Å². The van der Waals surface area contributed by atoms with Gasteiger partial charge in [0.2, 0.25) is 11.8 Å². The Morgan fingerprint density at radius 1 is 0.936 bits per heavy atom. The maximum absolute atomic E-state index is 13.6. The molecule has 0 spiro atoms. The van der Waals surface area contributed by atoms with E-state index in [2.05, 4.69) is 27.3 Å². The lowest BCUT2D eigenvalue weighted by atomic mass is 9.98. The standard InChI is InChI=1S/C32H53N7O8/c1-3-4-5-6-7-8-9-10-11-12-13-14-15-16-19-34-30(44)25-28(46-24(17-20-35-37-33)39(25)22(2)40)29-26(42)27(43)31(47-29)38-21-18-23(41)36-32(38)45/h18,21,24-29,31,42-43H,3-17,19-20H2,1-2H3,(H,34,44)(H,36,41,45)/t24-,25+,26+,27-,28+,29+,31-/m1/s1. The number of aliphatic hydroxyl groups excluding tert-OH is 2. The van der Waals surface area contributed by atoms with Gasteiger partial charge in [0.05, 0.1) is 0 Å². The van der Waals surface area contributed by atoms with Crippen LogP contribution in [0.2, 0.25) is 0 Å². The normalized spacial score (nSPS) is 25.5. The maximum Gasteiger partial charge on any atom is 0.330 e. The second-order valence-electron chi connectivity index (χ2n) is 12.5. The number of aromatic nitrogens is 2. The fraction of sp³-hybridized carbons (Fsp3) is 0.812. The summed E-state index contributed by atoms with van der Waals surface area (Å²) in [6.45, 7) is 3.88. The molecular formula is C32H53N7O8. The third kappa shape index (κ3) is 11.2. The van der Waals surface area contributed by atoms with Crippen LogP contribution in [-0.4, -0.2) is 86.3 Å². The molecule has 4 N–H and O–H groups in total. The molecule has 3 rings (SSSR count). The van der Waals surface area contributed by atoms with E-state index in [1.807, 2.05) is 0 Å². The van der Waals surface area contributed by atoms with E-state index in [-0.39, 0.29) is 13.0 Å². The topological polar surface area (TPSA) is 212 Å². The van der Waals surface area contributed by atoms with E-state index >= 15 is 0 Å². The van der Waals surface area contributed by atoms with E-state index in [9.17, 15) is 29.4 Å². The Bertz CT molecular complexity index is 1280. The molecule has 2 aliphatic rings. The number of carbonyl (C=O) groups excluding carboxylic acids is 2. The van der Waals surface area contributed by atoms with Crippen molar-refractivity contribution in [3.8, 4) is 0 Å².